The highest BCUT2D eigenvalue weighted by atomic mass is 79.9. The summed E-state index contributed by atoms with van der Waals surface area (Å²) in [4.78, 5) is 3.33. The maximum atomic E-state index is 3.70. The summed E-state index contributed by atoms with van der Waals surface area (Å²) in [6.45, 7) is 0. The van der Waals surface area contributed by atoms with Crippen LogP contribution >= 0.6 is 38.6 Å². The summed E-state index contributed by atoms with van der Waals surface area (Å²) in [5.74, 6) is 0. The number of alkyl halides is 1. The van der Waals surface area contributed by atoms with Crippen LogP contribution in [-0.4, -0.2) is 0 Å². The Labute approximate surface area is 94.4 Å². The van der Waals surface area contributed by atoms with Gasteiger partial charge in [0.15, 0.2) is 0 Å². The summed E-state index contributed by atoms with van der Waals surface area (Å²) in [7, 11) is 0. The molecule has 0 bridgehead atoms. The van der Waals surface area contributed by atoms with Crippen molar-refractivity contribution in [3.8, 4) is 0 Å². The predicted octanol–water partition coefficient (Wildman–Crippen LogP) is 4.49. The Morgan fingerprint density at radius 2 is 1.92 bits per heavy atom. The summed E-state index contributed by atoms with van der Waals surface area (Å²) in [6, 6.07) is 8.57. The third kappa shape index (κ3) is 2.42. The average Bonchev–Trinajstić information content (AvgIpc) is 2.74. The lowest BCUT2D eigenvalue weighted by atomic mass is 10.2. The van der Waals surface area contributed by atoms with Crippen molar-refractivity contribution in [1.82, 2.24) is 0 Å². The van der Waals surface area contributed by atoms with Crippen LogP contribution in [-0.2, 0) is 6.42 Å². The molecule has 0 saturated heterocycles. The van der Waals surface area contributed by atoms with Crippen LogP contribution in [0.3, 0.4) is 0 Å². The van der Waals surface area contributed by atoms with Gasteiger partial charge in [-0.1, -0.05) is 28.1 Å². The molecule has 0 amide bonds. The topological polar surface area (TPSA) is 0 Å². The smallest absolute Gasteiger partial charge is 0.0537 e. The molecule has 0 aliphatic rings. The van der Waals surface area contributed by atoms with Gasteiger partial charge in [0, 0.05) is 9.75 Å². The fraction of sp³-hybridized carbons (Fsp3) is 0.200. The molecule has 0 spiro atoms. The van der Waals surface area contributed by atoms with E-state index < -0.39 is 0 Å². The van der Waals surface area contributed by atoms with E-state index in [1.807, 2.05) is 22.7 Å². The highest BCUT2D eigenvalue weighted by Crippen LogP contribution is 2.31. The molecule has 2 aromatic heterocycles. The monoisotopic (exact) mass is 272 g/mol. The molecule has 1 atom stereocenters. The van der Waals surface area contributed by atoms with Crippen LogP contribution in [0.15, 0.2) is 35.0 Å². The van der Waals surface area contributed by atoms with Crippen molar-refractivity contribution in [3.05, 3.63) is 44.8 Å². The molecule has 0 aliphatic heterocycles. The second-order valence-corrected chi connectivity index (χ2v) is 5.88. The minimum Gasteiger partial charge on any atom is -0.149 e. The molecule has 1 unspecified atom stereocenters. The van der Waals surface area contributed by atoms with Crippen LogP contribution in [0.4, 0.5) is 0 Å². The highest BCUT2D eigenvalue weighted by molar-refractivity contribution is 9.09. The summed E-state index contributed by atoms with van der Waals surface area (Å²) in [6.07, 6.45) is 1.10. The van der Waals surface area contributed by atoms with Gasteiger partial charge in [0.2, 0.25) is 0 Å². The molecule has 0 N–H and O–H groups in total. The van der Waals surface area contributed by atoms with E-state index in [-0.39, 0.29) is 0 Å². The first-order valence-electron chi connectivity index (χ1n) is 4.06. The van der Waals surface area contributed by atoms with E-state index in [1.165, 1.54) is 9.75 Å². The summed E-state index contributed by atoms with van der Waals surface area (Å²) in [5, 5.41) is 4.25. The van der Waals surface area contributed by atoms with Crippen LogP contribution in [0.25, 0.3) is 0 Å². The zero-order chi connectivity index (χ0) is 9.10. The molecule has 2 heterocycles. The summed E-state index contributed by atoms with van der Waals surface area (Å²) < 4.78 is 0. The Hall–Kier alpha value is -0.120. The van der Waals surface area contributed by atoms with Gasteiger partial charge < -0.3 is 0 Å². The SMILES string of the molecule is BrC(Cc1cccs1)c1cccs1. The van der Waals surface area contributed by atoms with Gasteiger partial charge in [-0.05, 0) is 29.3 Å². The van der Waals surface area contributed by atoms with Crippen molar-refractivity contribution in [2.75, 3.05) is 0 Å². The van der Waals surface area contributed by atoms with Crippen LogP contribution in [0.2, 0.25) is 0 Å². The lowest BCUT2D eigenvalue weighted by Gasteiger charge is -2.04. The largest absolute Gasteiger partial charge is 0.149 e. The van der Waals surface area contributed by atoms with Gasteiger partial charge in [0.25, 0.3) is 0 Å². The fourth-order valence-corrected chi connectivity index (χ4v) is 3.67. The minimum atomic E-state index is 0.478. The van der Waals surface area contributed by atoms with E-state index in [2.05, 4.69) is 51.0 Å². The highest BCUT2D eigenvalue weighted by Gasteiger charge is 2.09. The summed E-state index contributed by atoms with van der Waals surface area (Å²) in [5.41, 5.74) is 0. The first-order valence-corrected chi connectivity index (χ1v) is 6.73. The van der Waals surface area contributed by atoms with E-state index >= 15 is 0 Å². The normalized spacial score (nSPS) is 13.0. The second kappa shape index (κ2) is 4.40. The maximum absolute atomic E-state index is 3.70. The Morgan fingerprint density at radius 1 is 1.15 bits per heavy atom. The van der Waals surface area contributed by atoms with Crippen LogP contribution in [0.5, 0.6) is 0 Å². The van der Waals surface area contributed by atoms with Crippen LogP contribution < -0.4 is 0 Å². The van der Waals surface area contributed by atoms with Crippen molar-refractivity contribution < 1.29 is 0 Å². The van der Waals surface area contributed by atoms with Gasteiger partial charge in [-0.25, -0.2) is 0 Å². The van der Waals surface area contributed by atoms with Crippen molar-refractivity contribution in [2.45, 2.75) is 11.2 Å². The molecule has 0 fully saturated rings. The van der Waals surface area contributed by atoms with Gasteiger partial charge in [-0.2, -0.15) is 0 Å². The van der Waals surface area contributed by atoms with E-state index in [0.29, 0.717) is 4.83 Å². The Bertz CT molecular complexity index is 337. The van der Waals surface area contributed by atoms with Gasteiger partial charge in [-0.15, -0.1) is 22.7 Å². The first-order chi connectivity index (χ1) is 6.36. The number of rotatable bonds is 3. The standard InChI is InChI=1S/C10H9BrS2/c11-9(10-4-2-6-13-10)7-8-3-1-5-12-8/h1-6,9H,7H2. The molecule has 2 aromatic rings. The van der Waals surface area contributed by atoms with Crippen LogP contribution in [0.1, 0.15) is 14.6 Å². The Balaban J connectivity index is 2.04. The second-order valence-electron chi connectivity index (χ2n) is 2.77. The van der Waals surface area contributed by atoms with E-state index in [1.54, 1.807) is 0 Å². The van der Waals surface area contributed by atoms with Gasteiger partial charge in [0.05, 0.1) is 4.83 Å². The summed E-state index contributed by atoms with van der Waals surface area (Å²) >= 11 is 7.34. The van der Waals surface area contributed by atoms with Gasteiger partial charge in [-0.3, -0.25) is 0 Å². The Kier molecular flexibility index (Phi) is 3.19. The molecule has 0 nitrogen and oxygen atoms in total. The quantitative estimate of drug-likeness (QED) is 0.723. The average molecular weight is 273 g/mol. The molecule has 0 aliphatic carbocycles. The maximum Gasteiger partial charge on any atom is 0.0537 e. The van der Waals surface area contributed by atoms with E-state index in [9.17, 15) is 0 Å². The first kappa shape index (κ1) is 9.44. The van der Waals surface area contributed by atoms with Gasteiger partial charge >= 0.3 is 0 Å². The number of halogens is 1. The number of hydrogen-bond acceptors (Lipinski definition) is 2. The molecule has 0 aromatic carbocycles. The molecule has 0 radical (unpaired) electrons. The molecular formula is C10H9BrS2. The van der Waals surface area contributed by atoms with Crippen molar-refractivity contribution in [3.63, 3.8) is 0 Å². The molecule has 3 heteroatoms. The Morgan fingerprint density at radius 3 is 2.54 bits per heavy atom. The van der Waals surface area contributed by atoms with Crippen molar-refractivity contribution >= 4 is 38.6 Å². The van der Waals surface area contributed by atoms with E-state index in [0.717, 1.165) is 6.42 Å². The zero-order valence-corrected chi connectivity index (χ0v) is 10.2. The third-order valence-corrected chi connectivity index (χ3v) is 4.82. The molecule has 2 rings (SSSR count). The molecule has 13 heavy (non-hydrogen) atoms. The van der Waals surface area contributed by atoms with Gasteiger partial charge in [0.1, 0.15) is 0 Å². The number of thiophene rings is 2. The van der Waals surface area contributed by atoms with E-state index in [4.69, 9.17) is 0 Å². The lowest BCUT2D eigenvalue weighted by Crippen LogP contribution is -1.89. The van der Waals surface area contributed by atoms with Crippen molar-refractivity contribution in [2.24, 2.45) is 0 Å². The molecule has 68 valence electrons. The molecule has 0 saturated carbocycles. The molecular weight excluding hydrogens is 264 g/mol. The van der Waals surface area contributed by atoms with Crippen molar-refractivity contribution in [1.29, 1.82) is 0 Å². The zero-order valence-electron chi connectivity index (χ0n) is 6.94. The third-order valence-electron chi connectivity index (χ3n) is 1.81. The van der Waals surface area contributed by atoms with Crippen LogP contribution in [0, 0.1) is 0 Å². The lowest BCUT2D eigenvalue weighted by molar-refractivity contribution is 0.992. The minimum absolute atomic E-state index is 0.478. The number of hydrogen-bond donors (Lipinski definition) is 0. The predicted molar refractivity (Wildman–Crippen MR) is 64.0 cm³/mol. The fourth-order valence-electron chi connectivity index (χ4n) is 1.18.